The van der Waals surface area contributed by atoms with Gasteiger partial charge in [-0.05, 0) is 34.1 Å². The summed E-state index contributed by atoms with van der Waals surface area (Å²) in [5.74, 6) is -0.0382. The number of furan rings is 1. The normalized spacial score (nSPS) is 16.8. The van der Waals surface area contributed by atoms with Gasteiger partial charge in [-0.2, -0.15) is 0 Å². The minimum absolute atomic E-state index is 0.231. The molecule has 0 spiro atoms. The van der Waals surface area contributed by atoms with E-state index >= 15 is 0 Å². The molecule has 1 aromatic carbocycles. The molecule has 1 aromatic heterocycles. The van der Waals surface area contributed by atoms with E-state index in [1.165, 1.54) is 12.3 Å². The third-order valence-electron chi connectivity index (χ3n) is 2.88. The summed E-state index contributed by atoms with van der Waals surface area (Å²) in [5, 5.41) is 2.78. The zero-order chi connectivity index (χ0) is 13.4. The lowest BCUT2D eigenvalue weighted by molar-refractivity contribution is 0.0902. The number of hydrogen-bond donors (Lipinski definition) is 1. The van der Waals surface area contributed by atoms with E-state index in [4.69, 9.17) is 9.15 Å². The fraction of sp³-hybridized carbons (Fsp3) is 0.154. The van der Waals surface area contributed by atoms with Gasteiger partial charge in [0.15, 0.2) is 5.76 Å². The molecule has 1 N–H and O–H groups in total. The second-order valence-corrected chi connectivity index (χ2v) is 4.97. The predicted octanol–water partition coefficient (Wildman–Crippen LogP) is 3.04. The van der Waals surface area contributed by atoms with Gasteiger partial charge in [-0.25, -0.2) is 4.39 Å². The molecule has 2 heterocycles. The molecule has 0 fully saturated rings. The number of carbonyl (C=O) groups is 1. The van der Waals surface area contributed by atoms with Crippen LogP contribution in [0.3, 0.4) is 0 Å². The van der Waals surface area contributed by atoms with E-state index in [1.54, 1.807) is 18.2 Å². The number of ether oxygens (including phenoxy) is 1. The van der Waals surface area contributed by atoms with Gasteiger partial charge in [0, 0.05) is 11.6 Å². The monoisotopic (exact) mass is 325 g/mol. The minimum Gasteiger partial charge on any atom is -0.491 e. The first kappa shape index (κ1) is 12.2. The third kappa shape index (κ3) is 2.23. The Balaban J connectivity index is 1.83. The zero-order valence-corrected chi connectivity index (χ0v) is 11.2. The molecule has 0 unspecified atom stereocenters. The van der Waals surface area contributed by atoms with Gasteiger partial charge in [0.25, 0.3) is 5.91 Å². The topological polar surface area (TPSA) is 51.5 Å². The van der Waals surface area contributed by atoms with Crippen LogP contribution in [0, 0.1) is 5.82 Å². The van der Waals surface area contributed by atoms with Gasteiger partial charge in [-0.15, -0.1) is 0 Å². The van der Waals surface area contributed by atoms with E-state index in [2.05, 4.69) is 21.2 Å². The number of carbonyl (C=O) groups excluding carboxylic acids is 1. The summed E-state index contributed by atoms with van der Waals surface area (Å²) in [4.78, 5) is 11.9. The van der Waals surface area contributed by atoms with Crippen molar-refractivity contribution in [2.75, 3.05) is 6.61 Å². The highest BCUT2D eigenvalue weighted by atomic mass is 79.9. The van der Waals surface area contributed by atoms with Crippen molar-refractivity contribution in [2.45, 2.75) is 6.04 Å². The van der Waals surface area contributed by atoms with Crippen LogP contribution in [-0.2, 0) is 0 Å². The van der Waals surface area contributed by atoms with Gasteiger partial charge in [0.2, 0.25) is 0 Å². The quantitative estimate of drug-likeness (QED) is 0.923. The second-order valence-electron chi connectivity index (χ2n) is 4.12. The first-order chi connectivity index (χ1) is 9.15. The van der Waals surface area contributed by atoms with Gasteiger partial charge in [-0.3, -0.25) is 4.79 Å². The van der Waals surface area contributed by atoms with Gasteiger partial charge < -0.3 is 14.5 Å². The molecule has 98 valence electrons. The molecule has 1 aliphatic heterocycles. The predicted molar refractivity (Wildman–Crippen MR) is 68.5 cm³/mol. The van der Waals surface area contributed by atoms with Crippen molar-refractivity contribution in [3.8, 4) is 5.75 Å². The summed E-state index contributed by atoms with van der Waals surface area (Å²) < 4.78 is 24.1. The highest BCUT2D eigenvalue weighted by molar-refractivity contribution is 9.10. The van der Waals surface area contributed by atoms with E-state index in [-0.39, 0.29) is 24.3 Å². The van der Waals surface area contributed by atoms with E-state index in [1.807, 2.05) is 0 Å². The Bertz CT molecular complexity index is 627. The van der Waals surface area contributed by atoms with Crippen molar-refractivity contribution in [3.63, 3.8) is 0 Å². The molecule has 1 atom stereocenters. The van der Waals surface area contributed by atoms with Crippen molar-refractivity contribution >= 4 is 21.8 Å². The number of amides is 1. The Kier molecular flexibility index (Phi) is 3.02. The van der Waals surface area contributed by atoms with E-state index < -0.39 is 5.82 Å². The van der Waals surface area contributed by atoms with Gasteiger partial charge in [0.1, 0.15) is 18.2 Å². The summed E-state index contributed by atoms with van der Waals surface area (Å²) in [7, 11) is 0. The summed E-state index contributed by atoms with van der Waals surface area (Å²) in [6.07, 6.45) is 1.43. The molecule has 19 heavy (non-hydrogen) atoms. The van der Waals surface area contributed by atoms with Crippen molar-refractivity contribution < 1.29 is 18.3 Å². The van der Waals surface area contributed by atoms with Crippen LogP contribution in [0.4, 0.5) is 4.39 Å². The molecular weight excluding hydrogens is 317 g/mol. The average Bonchev–Trinajstić information content (AvgIpc) is 3.01. The third-order valence-corrected chi connectivity index (χ3v) is 3.49. The molecule has 2 aromatic rings. The number of fused-ring (bicyclic) bond motifs is 1. The SMILES string of the molecule is O=C(N[C@H]1COc2cc(F)c(Br)cc21)c1ccco1. The Morgan fingerprint density at radius 3 is 3.05 bits per heavy atom. The first-order valence-electron chi connectivity index (χ1n) is 5.61. The van der Waals surface area contributed by atoms with Gasteiger partial charge >= 0.3 is 0 Å². The number of rotatable bonds is 2. The molecule has 1 amide bonds. The van der Waals surface area contributed by atoms with E-state index in [0.717, 1.165) is 5.56 Å². The zero-order valence-electron chi connectivity index (χ0n) is 9.65. The molecule has 0 bridgehead atoms. The van der Waals surface area contributed by atoms with Crippen molar-refractivity contribution in [2.24, 2.45) is 0 Å². The van der Waals surface area contributed by atoms with Gasteiger partial charge in [0.05, 0.1) is 16.8 Å². The van der Waals surface area contributed by atoms with Crippen LogP contribution in [0.1, 0.15) is 22.2 Å². The summed E-state index contributed by atoms with van der Waals surface area (Å²) in [6, 6.07) is 5.82. The second kappa shape index (κ2) is 4.70. The van der Waals surface area contributed by atoms with Crippen LogP contribution < -0.4 is 10.1 Å². The van der Waals surface area contributed by atoms with Crippen LogP contribution in [0.25, 0.3) is 0 Å². The van der Waals surface area contributed by atoms with E-state index in [9.17, 15) is 9.18 Å². The highest BCUT2D eigenvalue weighted by Gasteiger charge is 2.28. The summed E-state index contributed by atoms with van der Waals surface area (Å²) in [5.41, 5.74) is 0.744. The molecular formula is C13H9BrFNO3. The minimum atomic E-state index is -0.392. The number of nitrogens with one attached hydrogen (secondary N) is 1. The molecule has 6 heteroatoms. The first-order valence-corrected chi connectivity index (χ1v) is 6.40. The Morgan fingerprint density at radius 1 is 1.47 bits per heavy atom. The maximum atomic E-state index is 13.4. The standard InChI is InChI=1S/C13H9BrFNO3/c14-8-4-7-10(6-19-12(7)5-9(8)15)16-13(17)11-2-1-3-18-11/h1-5,10H,6H2,(H,16,17)/t10-/m0/s1. The largest absolute Gasteiger partial charge is 0.491 e. The molecule has 0 saturated carbocycles. The molecule has 0 saturated heterocycles. The van der Waals surface area contributed by atoms with Crippen LogP contribution >= 0.6 is 15.9 Å². The molecule has 0 aliphatic carbocycles. The maximum Gasteiger partial charge on any atom is 0.287 e. The fourth-order valence-electron chi connectivity index (χ4n) is 1.96. The van der Waals surface area contributed by atoms with Gasteiger partial charge in [-0.1, -0.05) is 0 Å². The molecule has 3 rings (SSSR count). The average molecular weight is 326 g/mol. The van der Waals surface area contributed by atoms with Crippen LogP contribution in [0.2, 0.25) is 0 Å². The highest BCUT2D eigenvalue weighted by Crippen LogP contribution is 2.36. The van der Waals surface area contributed by atoms with Crippen molar-refractivity contribution in [1.82, 2.24) is 5.32 Å². The lowest BCUT2D eigenvalue weighted by atomic mass is 10.1. The maximum absolute atomic E-state index is 13.4. The lowest BCUT2D eigenvalue weighted by Gasteiger charge is -2.10. The summed E-state index contributed by atoms with van der Waals surface area (Å²) >= 11 is 3.12. The smallest absolute Gasteiger partial charge is 0.287 e. The molecule has 1 aliphatic rings. The van der Waals surface area contributed by atoms with Crippen LogP contribution in [0.15, 0.2) is 39.4 Å². The summed E-state index contributed by atoms with van der Waals surface area (Å²) in [6.45, 7) is 0.275. The Labute approximate surface area is 116 Å². The number of halogens is 2. The Morgan fingerprint density at radius 2 is 2.32 bits per heavy atom. The van der Waals surface area contributed by atoms with Crippen molar-refractivity contribution in [3.05, 3.63) is 52.1 Å². The van der Waals surface area contributed by atoms with Crippen molar-refractivity contribution in [1.29, 1.82) is 0 Å². The number of hydrogen-bond acceptors (Lipinski definition) is 3. The van der Waals surface area contributed by atoms with E-state index in [0.29, 0.717) is 10.2 Å². The molecule has 0 radical (unpaired) electrons. The van der Waals surface area contributed by atoms with Crippen LogP contribution in [-0.4, -0.2) is 12.5 Å². The number of benzene rings is 1. The lowest BCUT2D eigenvalue weighted by Crippen LogP contribution is -2.29. The Hall–Kier alpha value is -1.82. The fourth-order valence-corrected chi connectivity index (χ4v) is 2.32. The molecule has 4 nitrogen and oxygen atoms in total. The van der Waals surface area contributed by atoms with Crippen LogP contribution in [0.5, 0.6) is 5.75 Å².